The Bertz CT molecular complexity index is 704. The van der Waals surface area contributed by atoms with Gasteiger partial charge in [0, 0.05) is 0 Å². The van der Waals surface area contributed by atoms with Crippen LogP contribution in [0.2, 0.25) is 0 Å². The number of amides is 1. The van der Waals surface area contributed by atoms with Crippen LogP contribution in [0.15, 0.2) is 36.5 Å². The van der Waals surface area contributed by atoms with E-state index >= 15 is 0 Å². The van der Waals surface area contributed by atoms with Crippen LogP contribution >= 0.6 is 0 Å². The Morgan fingerprint density at radius 2 is 0.911 bits per heavy atom. The molecule has 3 unspecified atom stereocenters. The van der Waals surface area contributed by atoms with Crippen molar-refractivity contribution in [2.75, 3.05) is 6.61 Å². The third-order valence-corrected chi connectivity index (χ3v) is 8.70. The molecule has 0 rings (SSSR count). The summed E-state index contributed by atoms with van der Waals surface area (Å²) < 4.78 is 0. The predicted molar refractivity (Wildman–Crippen MR) is 194 cm³/mol. The highest BCUT2D eigenvalue weighted by atomic mass is 16.3. The maximum absolute atomic E-state index is 12.4. The molecule has 0 aromatic carbocycles. The van der Waals surface area contributed by atoms with Gasteiger partial charge < -0.3 is 20.6 Å². The van der Waals surface area contributed by atoms with Gasteiger partial charge in [0.2, 0.25) is 5.91 Å². The molecular weight excluding hydrogens is 558 g/mol. The second kappa shape index (κ2) is 35.4. The monoisotopic (exact) mass is 634 g/mol. The first-order chi connectivity index (χ1) is 22.1. The van der Waals surface area contributed by atoms with Gasteiger partial charge >= 0.3 is 0 Å². The summed E-state index contributed by atoms with van der Waals surface area (Å²) in [6.07, 6.45) is 43.0. The maximum atomic E-state index is 12.4. The fourth-order valence-corrected chi connectivity index (χ4v) is 5.61. The van der Waals surface area contributed by atoms with Gasteiger partial charge in [-0.3, -0.25) is 4.79 Å². The number of hydrogen-bond acceptors (Lipinski definition) is 4. The third kappa shape index (κ3) is 31.0. The molecule has 0 spiro atoms. The van der Waals surface area contributed by atoms with E-state index in [1.165, 1.54) is 122 Å². The lowest BCUT2D eigenvalue weighted by atomic mass is 10.0. The Labute approximate surface area is 279 Å². The van der Waals surface area contributed by atoms with E-state index in [9.17, 15) is 20.1 Å². The molecule has 0 radical (unpaired) electrons. The minimum absolute atomic E-state index is 0.378. The lowest BCUT2D eigenvalue weighted by molar-refractivity contribution is -0.131. The Balaban J connectivity index is 3.79. The van der Waals surface area contributed by atoms with Gasteiger partial charge in [0.1, 0.15) is 6.10 Å². The number of aliphatic hydroxyl groups excluding tert-OH is 3. The number of rotatable bonds is 34. The summed E-state index contributed by atoms with van der Waals surface area (Å²) in [5.74, 6) is -0.520. The van der Waals surface area contributed by atoms with Crippen molar-refractivity contribution < 1.29 is 20.1 Å². The van der Waals surface area contributed by atoms with Crippen LogP contribution in [0.25, 0.3) is 0 Å². The van der Waals surface area contributed by atoms with Crippen molar-refractivity contribution in [3.8, 4) is 0 Å². The molecule has 0 aromatic rings. The van der Waals surface area contributed by atoms with Gasteiger partial charge in [0.25, 0.3) is 0 Å². The first-order valence-electron chi connectivity index (χ1n) is 19.3. The molecule has 0 saturated heterocycles. The summed E-state index contributed by atoms with van der Waals surface area (Å²) in [5.41, 5.74) is 0. The van der Waals surface area contributed by atoms with Crippen LogP contribution in [0.4, 0.5) is 0 Å². The van der Waals surface area contributed by atoms with Gasteiger partial charge in [-0.15, -0.1) is 0 Å². The average molecular weight is 634 g/mol. The largest absolute Gasteiger partial charge is 0.394 e. The number of carbonyl (C=O) groups excluding carboxylic acids is 1. The Hall–Kier alpha value is -1.43. The summed E-state index contributed by atoms with van der Waals surface area (Å²) in [6, 6.07) is -0.814. The van der Waals surface area contributed by atoms with Crippen LogP contribution in [-0.2, 0) is 4.79 Å². The van der Waals surface area contributed by atoms with Gasteiger partial charge in [0.05, 0.1) is 18.8 Å². The summed E-state index contributed by atoms with van der Waals surface area (Å²) in [5, 5.41) is 33.0. The zero-order valence-corrected chi connectivity index (χ0v) is 29.7. The highest BCUT2D eigenvalue weighted by Gasteiger charge is 2.22. The molecule has 1 amide bonds. The van der Waals surface area contributed by atoms with E-state index in [0.717, 1.165) is 44.9 Å². The zero-order valence-electron chi connectivity index (χ0n) is 29.7. The van der Waals surface area contributed by atoms with Crippen LogP contribution < -0.4 is 5.32 Å². The first-order valence-corrected chi connectivity index (χ1v) is 19.3. The molecule has 5 heteroatoms. The summed E-state index contributed by atoms with van der Waals surface area (Å²) in [6.45, 7) is 4.14. The van der Waals surface area contributed by atoms with E-state index < -0.39 is 24.2 Å². The highest BCUT2D eigenvalue weighted by Crippen LogP contribution is 2.13. The lowest BCUT2D eigenvalue weighted by Gasteiger charge is -2.21. The molecule has 0 saturated carbocycles. The Morgan fingerprint density at radius 1 is 0.533 bits per heavy atom. The van der Waals surface area contributed by atoms with E-state index in [-0.39, 0.29) is 6.61 Å². The van der Waals surface area contributed by atoms with Gasteiger partial charge in [-0.25, -0.2) is 0 Å². The van der Waals surface area contributed by atoms with Crippen molar-refractivity contribution in [3.63, 3.8) is 0 Å². The van der Waals surface area contributed by atoms with Crippen LogP contribution in [-0.4, -0.2) is 46.1 Å². The van der Waals surface area contributed by atoms with Gasteiger partial charge in [-0.2, -0.15) is 0 Å². The number of hydrogen-bond donors (Lipinski definition) is 4. The molecule has 0 heterocycles. The SMILES string of the molecule is CCCCCCCC/C=C\CCCCCCCCC(O)C(=O)NC(CO)C(O)/C=C/CC/C=C/CCCCCCCCCCC. The normalized spacial score (nSPS) is 14.2. The van der Waals surface area contributed by atoms with Gasteiger partial charge in [0.15, 0.2) is 0 Å². The molecule has 0 bridgehead atoms. The van der Waals surface area contributed by atoms with Crippen molar-refractivity contribution in [2.45, 2.75) is 205 Å². The number of unbranched alkanes of at least 4 members (excludes halogenated alkanes) is 22. The molecule has 0 fully saturated rings. The average Bonchev–Trinajstić information content (AvgIpc) is 3.04. The van der Waals surface area contributed by atoms with Crippen LogP contribution in [0.3, 0.4) is 0 Å². The molecule has 45 heavy (non-hydrogen) atoms. The van der Waals surface area contributed by atoms with Crippen molar-refractivity contribution >= 4 is 5.91 Å². The number of nitrogens with one attached hydrogen (secondary N) is 1. The molecule has 3 atom stereocenters. The molecule has 5 nitrogen and oxygen atoms in total. The van der Waals surface area contributed by atoms with Crippen LogP contribution in [0.5, 0.6) is 0 Å². The zero-order chi connectivity index (χ0) is 33.1. The molecule has 264 valence electrons. The minimum atomic E-state index is -1.11. The molecular formula is C40H75NO4. The molecule has 0 aliphatic rings. The lowest BCUT2D eigenvalue weighted by Crippen LogP contribution is -2.48. The number of carbonyl (C=O) groups is 1. The Kier molecular flexibility index (Phi) is 34.3. The van der Waals surface area contributed by atoms with Gasteiger partial charge in [-0.05, 0) is 57.8 Å². The van der Waals surface area contributed by atoms with Crippen molar-refractivity contribution in [1.82, 2.24) is 5.32 Å². The van der Waals surface area contributed by atoms with Crippen LogP contribution in [0, 0.1) is 0 Å². The van der Waals surface area contributed by atoms with Gasteiger partial charge in [-0.1, -0.05) is 166 Å². The van der Waals surface area contributed by atoms with Crippen LogP contribution in [0.1, 0.15) is 187 Å². The quantitative estimate of drug-likeness (QED) is 0.0419. The molecule has 0 aliphatic carbocycles. The standard InChI is InChI=1S/C40H75NO4/c1-3-5-7-9-11-13-15-17-19-21-23-25-27-29-31-33-35-39(44)40(45)41-37(36-42)38(43)34-32-30-28-26-24-22-20-18-16-14-12-10-8-6-4-2/h17,19,24,26,32,34,37-39,42-44H,3-16,18,20-23,25,27-31,33,35-36H2,1-2H3,(H,41,45)/b19-17-,26-24+,34-32+. The number of aliphatic hydroxyl groups is 3. The van der Waals surface area contributed by atoms with E-state index in [2.05, 4.69) is 43.5 Å². The van der Waals surface area contributed by atoms with E-state index in [1.807, 2.05) is 6.08 Å². The summed E-state index contributed by atoms with van der Waals surface area (Å²) in [7, 11) is 0. The minimum Gasteiger partial charge on any atom is -0.394 e. The van der Waals surface area contributed by atoms with E-state index in [1.54, 1.807) is 6.08 Å². The smallest absolute Gasteiger partial charge is 0.249 e. The van der Waals surface area contributed by atoms with E-state index in [4.69, 9.17) is 0 Å². The summed E-state index contributed by atoms with van der Waals surface area (Å²) in [4.78, 5) is 12.4. The third-order valence-electron chi connectivity index (χ3n) is 8.70. The van der Waals surface area contributed by atoms with Crippen molar-refractivity contribution in [1.29, 1.82) is 0 Å². The van der Waals surface area contributed by atoms with E-state index in [0.29, 0.717) is 6.42 Å². The second-order valence-corrected chi connectivity index (χ2v) is 13.1. The predicted octanol–water partition coefficient (Wildman–Crippen LogP) is 10.4. The fraction of sp³-hybridized carbons (Fsp3) is 0.825. The number of allylic oxidation sites excluding steroid dienone is 5. The first kappa shape index (κ1) is 43.6. The second-order valence-electron chi connectivity index (χ2n) is 13.1. The maximum Gasteiger partial charge on any atom is 0.249 e. The molecule has 0 aromatic heterocycles. The van der Waals surface area contributed by atoms with Crippen molar-refractivity contribution in [3.05, 3.63) is 36.5 Å². The van der Waals surface area contributed by atoms with Crippen molar-refractivity contribution in [2.24, 2.45) is 0 Å². The fourth-order valence-electron chi connectivity index (χ4n) is 5.61. The highest BCUT2D eigenvalue weighted by molar-refractivity contribution is 5.80. The molecule has 4 N–H and O–H groups in total. The topological polar surface area (TPSA) is 89.8 Å². The Morgan fingerprint density at radius 3 is 1.36 bits per heavy atom. The molecule has 0 aliphatic heterocycles. The summed E-state index contributed by atoms with van der Waals surface area (Å²) >= 11 is 0.